The van der Waals surface area contributed by atoms with Gasteiger partial charge >= 0.3 is 0 Å². The molecule has 3 rings (SSSR count). The van der Waals surface area contributed by atoms with Crippen molar-refractivity contribution in [1.82, 2.24) is 4.57 Å². The van der Waals surface area contributed by atoms with Gasteiger partial charge in [0, 0.05) is 6.54 Å². The van der Waals surface area contributed by atoms with E-state index in [9.17, 15) is 9.59 Å². The lowest BCUT2D eigenvalue weighted by Crippen LogP contribution is -2.30. The van der Waals surface area contributed by atoms with E-state index < -0.39 is 0 Å². The molecule has 0 saturated carbocycles. The minimum Gasteiger partial charge on any atom is -0.460 e. The standard InChI is InChI=1S/C15H15NO4/c1-2-3-4-7-16-14(17)10-5-8-19-12(10)13-11(15(16)18)6-9-20-13/h5-6,8-9H,2-4,7H2,1H3. The van der Waals surface area contributed by atoms with Crippen molar-refractivity contribution >= 4 is 21.9 Å². The molecule has 104 valence electrons. The summed E-state index contributed by atoms with van der Waals surface area (Å²) in [5.74, 6) is 0. The molecule has 0 fully saturated rings. The number of furan rings is 2. The Labute approximate surface area is 114 Å². The van der Waals surface area contributed by atoms with Gasteiger partial charge in [0.1, 0.15) is 0 Å². The second-order valence-electron chi connectivity index (χ2n) is 4.80. The van der Waals surface area contributed by atoms with Gasteiger partial charge in [0.05, 0.1) is 23.3 Å². The average molecular weight is 273 g/mol. The molecule has 5 heteroatoms. The van der Waals surface area contributed by atoms with Crippen molar-refractivity contribution in [2.75, 3.05) is 0 Å². The van der Waals surface area contributed by atoms with Crippen molar-refractivity contribution in [3.8, 4) is 0 Å². The van der Waals surface area contributed by atoms with Crippen LogP contribution in [0.1, 0.15) is 26.2 Å². The highest BCUT2D eigenvalue weighted by atomic mass is 16.4. The third-order valence-corrected chi connectivity index (χ3v) is 3.47. The number of rotatable bonds is 4. The summed E-state index contributed by atoms with van der Waals surface area (Å²) < 4.78 is 11.9. The molecule has 0 unspecified atom stereocenters. The number of aromatic nitrogens is 1. The summed E-state index contributed by atoms with van der Waals surface area (Å²) in [7, 11) is 0. The molecular formula is C15H15NO4. The first-order valence-corrected chi connectivity index (χ1v) is 6.75. The minimum atomic E-state index is -0.318. The predicted octanol–water partition coefficient (Wildman–Crippen LogP) is 2.89. The van der Waals surface area contributed by atoms with E-state index in [-0.39, 0.29) is 11.1 Å². The highest BCUT2D eigenvalue weighted by Gasteiger charge is 2.14. The van der Waals surface area contributed by atoms with Gasteiger partial charge in [-0.2, -0.15) is 0 Å². The Hall–Kier alpha value is -2.30. The van der Waals surface area contributed by atoms with Crippen LogP contribution in [0.25, 0.3) is 21.9 Å². The Balaban J connectivity index is 2.36. The molecule has 0 saturated heterocycles. The van der Waals surface area contributed by atoms with Gasteiger partial charge in [-0.25, -0.2) is 0 Å². The summed E-state index contributed by atoms with van der Waals surface area (Å²) in [6.07, 6.45) is 5.69. The molecule has 0 aliphatic heterocycles. The average Bonchev–Trinajstić information content (AvgIpc) is 3.07. The van der Waals surface area contributed by atoms with Crippen molar-refractivity contribution in [2.24, 2.45) is 0 Å². The second-order valence-corrected chi connectivity index (χ2v) is 4.80. The van der Waals surface area contributed by atoms with Crippen LogP contribution in [0.15, 0.2) is 43.1 Å². The molecule has 0 N–H and O–H groups in total. The maximum atomic E-state index is 12.5. The Kier molecular flexibility index (Phi) is 3.18. The van der Waals surface area contributed by atoms with Crippen LogP contribution in [0.5, 0.6) is 0 Å². The molecule has 20 heavy (non-hydrogen) atoms. The van der Waals surface area contributed by atoms with E-state index in [1.54, 1.807) is 12.1 Å². The van der Waals surface area contributed by atoms with Gasteiger partial charge in [-0.1, -0.05) is 19.8 Å². The largest absolute Gasteiger partial charge is 0.460 e. The predicted molar refractivity (Wildman–Crippen MR) is 76.0 cm³/mol. The van der Waals surface area contributed by atoms with Gasteiger partial charge in [-0.15, -0.1) is 0 Å². The molecule has 3 aromatic rings. The lowest BCUT2D eigenvalue weighted by Gasteiger charge is -2.00. The Morgan fingerprint density at radius 3 is 2.00 bits per heavy atom. The van der Waals surface area contributed by atoms with E-state index in [4.69, 9.17) is 8.83 Å². The fourth-order valence-electron chi connectivity index (χ4n) is 2.41. The van der Waals surface area contributed by atoms with Crippen LogP contribution < -0.4 is 11.1 Å². The molecular weight excluding hydrogens is 258 g/mol. The third-order valence-electron chi connectivity index (χ3n) is 3.47. The molecule has 3 aromatic heterocycles. The molecule has 0 aliphatic rings. The maximum Gasteiger partial charge on any atom is 0.264 e. The Bertz CT molecular complexity index is 802. The van der Waals surface area contributed by atoms with E-state index in [1.807, 2.05) is 0 Å². The van der Waals surface area contributed by atoms with Crippen LogP contribution in [0, 0.1) is 0 Å². The summed E-state index contributed by atoms with van der Waals surface area (Å²) in [5.41, 5.74) is 0.0326. The van der Waals surface area contributed by atoms with Crippen LogP contribution in [0.3, 0.4) is 0 Å². The maximum absolute atomic E-state index is 12.5. The first kappa shape index (κ1) is 12.7. The zero-order valence-corrected chi connectivity index (χ0v) is 11.2. The zero-order valence-electron chi connectivity index (χ0n) is 11.2. The van der Waals surface area contributed by atoms with Crippen LogP contribution in [-0.4, -0.2) is 4.57 Å². The summed E-state index contributed by atoms with van der Waals surface area (Å²) in [5, 5.41) is 0.757. The summed E-state index contributed by atoms with van der Waals surface area (Å²) in [4.78, 5) is 24.9. The number of fused-ring (bicyclic) bond motifs is 3. The lowest BCUT2D eigenvalue weighted by molar-refractivity contribution is 0.581. The highest BCUT2D eigenvalue weighted by Crippen LogP contribution is 2.21. The molecule has 0 aromatic carbocycles. The molecule has 3 heterocycles. The van der Waals surface area contributed by atoms with Crippen molar-refractivity contribution in [3.05, 3.63) is 45.4 Å². The summed E-state index contributed by atoms with van der Waals surface area (Å²) in [6, 6.07) is 3.16. The Morgan fingerprint density at radius 2 is 1.50 bits per heavy atom. The van der Waals surface area contributed by atoms with Gasteiger partial charge in [-0.3, -0.25) is 14.2 Å². The van der Waals surface area contributed by atoms with Crippen molar-refractivity contribution in [3.63, 3.8) is 0 Å². The van der Waals surface area contributed by atoms with Crippen LogP contribution in [-0.2, 0) is 6.54 Å². The van der Waals surface area contributed by atoms with E-state index in [0.29, 0.717) is 28.5 Å². The fraction of sp³-hybridized carbons (Fsp3) is 0.333. The number of unbranched alkanes of at least 4 members (excludes halogenated alkanes) is 2. The van der Waals surface area contributed by atoms with Crippen LogP contribution in [0.4, 0.5) is 0 Å². The first-order chi connectivity index (χ1) is 9.74. The molecule has 0 spiro atoms. The smallest absolute Gasteiger partial charge is 0.264 e. The highest BCUT2D eigenvalue weighted by molar-refractivity contribution is 5.97. The van der Waals surface area contributed by atoms with Gasteiger partial charge in [0.2, 0.25) is 0 Å². The monoisotopic (exact) mass is 273 g/mol. The number of hydrogen-bond donors (Lipinski definition) is 0. The molecule has 0 bridgehead atoms. The summed E-state index contributed by atoms with van der Waals surface area (Å²) in [6.45, 7) is 2.50. The van der Waals surface area contributed by atoms with Gasteiger partial charge < -0.3 is 8.83 Å². The molecule has 0 aliphatic carbocycles. The number of nitrogens with zero attached hydrogens (tertiary/aromatic N) is 1. The fourth-order valence-corrected chi connectivity index (χ4v) is 2.41. The minimum absolute atomic E-state index is 0.318. The quantitative estimate of drug-likeness (QED) is 0.685. The summed E-state index contributed by atoms with van der Waals surface area (Å²) >= 11 is 0. The van der Waals surface area contributed by atoms with E-state index in [1.165, 1.54) is 17.1 Å². The molecule has 0 amide bonds. The van der Waals surface area contributed by atoms with Crippen LogP contribution >= 0.6 is 0 Å². The molecule has 0 atom stereocenters. The topological polar surface area (TPSA) is 65.3 Å². The first-order valence-electron chi connectivity index (χ1n) is 6.75. The van der Waals surface area contributed by atoms with Gasteiger partial charge in [0.15, 0.2) is 11.2 Å². The van der Waals surface area contributed by atoms with E-state index >= 15 is 0 Å². The van der Waals surface area contributed by atoms with Crippen molar-refractivity contribution in [1.29, 1.82) is 0 Å². The van der Waals surface area contributed by atoms with E-state index in [0.717, 1.165) is 19.3 Å². The van der Waals surface area contributed by atoms with Crippen LogP contribution in [0.2, 0.25) is 0 Å². The number of hydrogen-bond acceptors (Lipinski definition) is 4. The third kappa shape index (κ3) is 1.86. The lowest BCUT2D eigenvalue weighted by atomic mass is 10.2. The SMILES string of the molecule is CCCCCn1c(=O)c2ccoc2c2occc2c1=O. The van der Waals surface area contributed by atoms with Crippen molar-refractivity contribution < 1.29 is 8.83 Å². The normalized spacial score (nSPS) is 11.4. The van der Waals surface area contributed by atoms with Gasteiger partial charge in [-0.05, 0) is 18.6 Å². The van der Waals surface area contributed by atoms with Gasteiger partial charge in [0.25, 0.3) is 11.1 Å². The zero-order chi connectivity index (χ0) is 14.1. The second kappa shape index (κ2) is 5.00. The molecule has 5 nitrogen and oxygen atoms in total. The molecule has 0 radical (unpaired) electrons. The van der Waals surface area contributed by atoms with E-state index in [2.05, 4.69) is 6.92 Å². The van der Waals surface area contributed by atoms with Crippen molar-refractivity contribution in [2.45, 2.75) is 32.7 Å². The Morgan fingerprint density at radius 1 is 0.950 bits per heavy atom.